The van der Waals surface area contributed by atoms with E-state index in [1.54, 1.807) is 0 Å². The van der Waals surface area contributed by atoms with E-state index >= 15 is 0 Å². The molecule has 2 aromatic rings. The lowest BCUT2D eigenvalue weighted by atomic mass is 10.00. The van der Waals surface area contributed by atoms with Crippen LogP contribution in [0.2, 0.25) is 5.02 Å². The minimum atomic E-state index is 0.793. The van der Waals surface area contributed by atoms with Gasteiger partial charge in [0.25, 0.3) is 0 Å². The topological polar surface area (TPSA) is 35.5 Å². The average Bonchev–Trinajstić information content (AvgIpc) is 2.69. The van der Waals surface area contributed by atoms with Crippen LogP contribution in [-0.2, 0) is 0 Å². The minimum Gasteiger partial charge on any atom is -0.368 e. The normalized spacial score (nSPS) is 19.1. The number of aromatic nitrogens is 2. The van der Waals surface area contributed by atoms with Crippen molar-refractivity contribution in [3.05, 3.63) is 41.6 Å². The summed E-state index contributed by atoms with van der Waals surface area (Å²) in [4.78, 5) is 16.4. The first-order valence-corrected chi connectivity index (χ1v) is 9.90. The molecule has 2 aliphatic rings. The van der Waals surface area contributed by atoms with Crippen molar-refractivity contribution in [3.8, 4) is 0 Å². The van der Waals surface area contributed by atoms with Gasteiger partial charge in [0.2, 0.25) is 5.95 Å². The van der Waals surface area contributed by atoms with Crippen LogP contribution < -0.4 is 14.7 Å². The van der Waals surface area contributed by atoms with E-state index in [4.69, 9.17) is 16.6 Å². The number of rotatable bonds is 3. The summed E-state index contributed by atoms with van der Waals surface area (Å²) < 4.78 is 0. The van der Waals surface area contributed by atoms with Crippen molar-refractivity contribution in [2.24, 2.45) is 5.92 Å². The molecule has 4 rings (SSSR count). The molecule has 0 amide bonds. The predicted molar refractivity (Wildman–Crippen MR) is 109 cm³/mol. The highest BCUT2D eigenvalue weighted by Crippen LogP contribution is 2.24. The Morgan fingerprint density at radius 3 is 2.38 bits per heavy atom. The molecular weight excluding hydrogens is 346 g/mol. The molecule has 0 bridgehead atoms. The smallest absolute Gasteiger partial charge is 0.227 e. The molecule has 0 unspecified atom stereocenters. The number of anilines is 3. The summed E-state index contributed by atoms with van der Waals surface area (Å²) in [6.45, 7) is 8.32. The summed E-state index contributed by atoms with van der Waals surface area (Å²) in [7, 11) is 0. The van der Waals surface area contributed by atoms with Crippen LogP contribution in [0.1, 0.15) is 19.8 Å². The Morgan fingerprint density at radius 1 is 0.923 bits per heavy atom. The molecular formula is C20H26ClN5. The van der Waals surface area contributed by atoms with Crippen LogP contribution in [0.3, 0.4) is 0 Å². The zero-order chi connectivity index (χ0) is 17.9. The predicted octanol–water partition coefficient (Wildman–Crippen LogP) is 3.69. The maximum atomic E-state index is 6.13. The van der Waals surface area contributed by atoms with Gasteiger partial charge in [0.05, 0.1) is 0 Å². The van der Waals surface area contributed by atoms with Gasteiger partial charge in [-0.1, -0.05) is 24.6 Å². The van der Waals surface area contributed by atoms with Gasteiger partial charge in [-0.05, 0) is 43.0 Å². The third kappa shape index (κ3) is 3.88. The van der Waals surface area contributed by atoms with E-state index in [0.29, 0.717) is 0 Å². The monoisotopic (exact) mass is 371 g/mol. The molecule has 1 aromatic heterocycles. The first-order chi connectivity index (χ1) is 12.7. The van der Waals surface area contributed by atoms with Gasteiger partial charge in [0, 0.05) is 56.2 Å². The standard InChI is InChI=1S/C20H26ClN5/c1-16-6-9-26(10-7-16)20-22-8-5-19(23-20)25-13-11-24(12-14-25)18-4-2-3-17(21)15-18/h2-5,8,15-16H,6-7,9-14H2,1H3. The Kier molecular flexibility index (Phi) is 5.16. The van der Waals surface area contributed by atoms with Gasteiger partial charge in [-0.2, -0.15) is 4.98 Å². The number of halogens is 1. The minimum absolute atomic E-state index is 0.793. The Balaban J connectivity index is 1.41. The van der Waals surface area contributed by atoms with Gasteiger partial charge in [0.15, 0.2) is 0 Å². The van der Waals surface area contributed by atoms with Gasteiger partial charge in [-0.25, -0.2) is 4.98 Å². The number of hydrogen-bond donors (Lipinski definition) is 0. The van der Waals surface area contributed by atoms with Crippen molar-refractivity contribution in [2.45, 2.75) is 19.8 Å². The fraction of sp³-hybridized carbons (Fsp3) is 0.500. The number of piperidine rings is 1. The summed E-state index contributed by atoms with van der Waals surface area (Å²) >= 11 is 6.13. The summed E-state index contributed by atoms with van der Waals surface area (Å²) in [6, 6.07) is 10.1. The first kappa shape index (κ1) is 17.4. The largest absolute Gasteiger partial charge is 0.368 e. The molecule has 0 spiro atoms. The van der Waals surface area contributed by atoms with Crippen LogP contribution >= 0.6 is 11.6 Å². The average molecular weight is 372 g/mol. The molecule has 2 saturated heterocycles. The SMILES string of the molecule is CC1CCN(c2nccc(N3CCN(c4cccc(Cl)c4)CC3)n2)CC1. The number of hydrogen-bond acceptors (Lipinski definition) is 5. The van der Waals surface area contributed by atoms with Crippen molar-refractivity contribution in [1.29, 1.82) is 0 Å². The van der Waals surface area contributed by atoms with Gasteiger partial charge < -0.3 is 14.7 Å². The first-order valence-electron chi connectivity index (χ1n) is 9.52. The van der Waals surface area contributed by atoms with Crippen molar-refractivity contribution in [2.75, 3.05) is 54.0 Å². The molecule has 0 N–H and O–H groups in total. The highest BCUT2D eigenvalue weighted by Gasteiger charge is 2.21. The molecule has 5 nitrogen and oxygen atoms in total. The quantitative estimate of drug-likeness (QED) is 0.822. The Bertz CT molecular complexity index is 736. The third-order valence-corrected chi connectivity index (χ3v) is 5.71. The fourth-order valence-electron chi connectivity index (χ4n) is 3.74. The van der Waals surface area contributed by atoms with Crippen LogP contribution in [0.15, 0.2) is 36.5 Å². The van der Waals surface area contributed by atoms with E-state index in [9.17, 15) is 0 Å². The number of nitrogens with zero attached hydrogens (tertiary/aromatic N) is 5. The van der Waals surface area contributed by atoms with Gasteiger partial charge in [0.1, 0.15) is 5.82 Å². The zero-order valence-corrected chi connectivity index (χ0v) is 16.1. The third-order valence-electron chi connectivity index (χ3n) is 5.47. The van der Waals surface area contributed by atoms with Gasteiger partial charge >= 0.3 is 0 Å². The second kappa shape index (κ2) is 7.70. The molecule has 26 heavy (non-hydrogen) atoms. The van der Waals surface area contributed by atoms with Crippen molar-refractivity contribution >= 4 is 29.1 Å². The van der Waals surface area contributed by atoms with E-state index in [1.165, 1.54) is 18.5 Å². The lowest BCUT2D eigenvalue weighted by Gasteiger charge is -2.37. The van der Waals surface area contributed by atoms with Crippen LogP contribution in [0, 0.1) is 5.92 Å². The molecule has 0 radical (unpaired) electrons. The summed E-state index contributed by atoms with van der Waals surface area (Å²) in [5, 5.41) is 0.793. The Labute approximate surface area is 160 Å². The molecule has 1 aromatic carbocycles. The zero-order valence-electron chi connectivity index (χ0n) is 15.3. The van der Waals surface area contributed by atoms with Crippen molar-refractivity contribution < 1.29 is 0 Å². The molecule has 6 heteroatoms. The molecule has 0 atom stereocenters. The lowest BCUT2D eigenvalue weighted by Crippen LogP contribution is -2.47. The molecule has 2 fully saturated rings. The maximum Gasteiger partial charge on any atom is 0.227 e. The van der Waals surface area contributed by atoms with Crippen LogP contribution in [0.25, 0.3) is 0 Å². The van der Waals surface area contributed by atoms with E-state index < -0.39 is 0 Å². The molecule has 0 saturated carbocycles. The second-order valence-electron chi connectivity index (χ2n) is 7.34. The van der Waals surface area contributed by atoms with E-state index in [0.717, 1.165) is 62.0 Å². The summed E-state index contributed by atoms with van der Waals surface area (Å²) in [6.07, 6.45) is 4.36. The molecule has 0 aliphatic carbocycles. The Hall–Kier alpha value is -2.01. The molecule has 3 heterocycles. The summed E-state index contributed by atoms with van der Waals surface area (Å²) in [5.41, 5.74) is 1.20. The van der Waals surface area contributed by atoms with Crippen LogP contribution in [-0.4, -0.2) is 49.2 Å². The number of piperazine rings is 1. The lowest BCUT2D eigenvalue weighted by molar-refractivity contribution is 0.434. The fourth-order valence-corrected chi connectivity index (χ4v) is 3.93. The van der Waals surface area contributed by atoms with Crippen LogP contribution in [0.4, 0.5) is 17.5 Å². The highest BCUT2D eigenvalue weighted by atomic mass is 35.5. The van der Waals surface area contributed by atoms with Crippen molar-refractivity contribution in [1.82, 2.24) is 9.97 Å². The van der Waals surface area contributed by atoms with Crippen LogP contribution in [0.5, 0.6) is 0 Å². The molecule has 138 valence electrons. The van der Waals surface area contributed by atoms with Gasteiger partial charge in [-0.3, -0.25) is 0 Å². The van der Waals surface area contributed by atoms with E-state index in [2.05, 4.69) is 32.7 Å². The molecule has 2 aliphatic heterocycles. The highest BCUT2D eigenvalue weighted by molar-refractivity contribution is 6.30. The van der Waals surface area contributed by atoms with Crippen molar-refractivity contribution in [3.63, 3.8) is 0 Å². The number of benzene rings is 1. The maximum absolute atomic E-state index is 6.13. The Morgan fingerprint density at radius 2 is 1.65 bits per heavy atom. The van der Waals surface area contributed by atoms with Gasteiger partial charge in [-0.15, -0.1) is 0 Å². The van der Waals surface area contributed by atoms with E-state index in [1.807, 2.05) is 30.5 Å². The second-order valence-corrected chi connectivity index (χ2v) is 7.77. The van der Waals surface area contributed by atoms with E-state index in [-0.39, 0.29) is 0 Å². The summed E-state index contributed by atoms with van der Waals surface area (Å²) in [5.74, 6) is 2.74.